The number of hydrogen-bond donors (Lipinski definition) is 0. The van der Waals surface area contributed by atoms with Gasteiger partial charge in [0, 0.05) is 24.8 Å². The molecule has 0 radical (unpaired) electrons. The minimum atomic E-state index is 0.222. The van der Waals surface area contributed by atoms with Crippen molar-refractivity contribution in [3.8, 4) is 0 Å². The van der Waals surface area contributed by atoms with Crippen LogP contribution in [0, 0.1) is 5.92 Å². The average Bonchev–Trinajstić information content (AvgIpc) is 3.35. The maximum atomic E-state index is 13.0. The first-order valence-electron chi connectivity index (χ1n) is 8.59. The van der Waals surface area contributed by atoms with E-state index in [0.717, 1.165) is 17.0 Å². The number of carbonyl (C=O) groups is 1. The summed E-state index contributed by atoms with van der Waals surface area (Å²) >= 11 is 0. The molecule has 2 aliphatic rings. The quantitative estimate of drug-likeness (QED) is 0.822. The van der Waals surface area contributed by atoms with Gasteiger partial charge in [-0.2, -0.15) is 0 Å². The topological polar surface area (TPSA) is 29.5 Å². The van der Waals surface area contributed by atoms with Gasteiger partial charge in [-0.1, -0.05) is 19.1 Å². The third-order valence-electron chi connectivity index (χ3n) is 5.04. The molecule has 0 saturated heterocycles. The molecule has 0 heterocycles. The fraction of sp³-hybridized carbons (Fsp3) is 0.632. The lowest BCUT2D eigenvalue weighted by Crippen LogP contribution is -2.43. The van der Waals surface area contributed by atoms with E-state index in [4.69, 9.17) is 4.74 Å². The van der Waals surface area contributed by atoms with Gasteiger partial charge >= 0.3 is 0 Å². The van der Waals surface area contributed by atoms with Crippen molar-refractivity contribution in [3.05, 3.63) is 35.4 Å². The van der Waals surface area contributed by atoms with Gasteiger partial charge in [0.15, 0.2) is 0 Å². The smallest absolute Gasteiger partial charge is 0.254 e. The summed E-state index contributed by atoms with van der Waals surface area (Å²) in [4.78, 5) is 15.3. The Balaban J connectivity index is 1.76. The number of nitrogens with zero attached hydrogens (tertiary/aromatic N) is 1. The van der Waals surface area contributed by atoms with E-state index in [-0.39, 0.29) is 5.91 Å². The molecule has 3 heteroatoms. The van der Waals surface area contributed by atoms with E-state index >= 15 is 0 Å². The second-order valence-electron chi connectivity index (χ2n) is 6.99. The maximum Gasteiger partial charge on any atom is 0.254 e. The molecule has 2 aliphatic carbocycles. The summed E-state index contributed by atoms with van der Waals surface area (Å²) in [7, 11) is 1.69. The Bertz CT molecular complexity index is 516. The van der Waals surface area contributed by atoms with Crippen LogP contribution < -0.4 is 0 Å². The molecule has 3 nitrogen and oxygen atoms in total. The second-order valence-corrected chi connectivity index (χ2v) is 6.99. The number of methoxy groups -OCH3 is 1. The van der Waals surface area contributed by atoms with Gasteiger partial charge in [-0.15, -0.1) is 0 Å². The van der Waals surface area contributed by atoms with E-state index in [1.165, 1.54) is 38.5 Å². The molecule has 0 aromatic heterocycles. The molecule has 1 amide bonds. The van der Waals surface area contributed by atoms with Crippen molar-refractivity contribution in [2.45, 2.75) is 64.1 Å². The Hall–Kier alpha value is -1.35. The van der Waals surface area contributed by atoms with Gasteiger partial charge in [-0.05, 0) is 62.1 Å². The average molecular weight is 301 g/mol. The number of benzene rings is 1. The number of amides is 1. The van der Waals surface area contributed by atoms with Gasteiger partial charge in [-0.25, -0.2) is 0 Å². The van der Waals surface area contributed by atoms with Crippen LogP contribution in [-0.2, 0) is 11.3 Å². The Morgan fingerprint density at radius 2 is 1.77 bits per heavy atom. The van der Waals surface area contributed by atoms with Crippen LogP contribution in [0.25, 0.3) is 0 Å². The molecule has 1 aromatic carbocycles. The Morgan fingerprint density at radius 1 is 1.14 bits per heavy atom. The number of rotatable bonds is 5. The molecule has 1 aromatic rings. The first-order valence-corrected chi connectivity index (χ1v) is 8.59. The van der Waals surface area contributed by atoms with Gasteiger partial charge in [0.1, 0.15) is 0 Å². The van der Waals surface area contributed by atoms with E-state index in [0.29, 0.717) is 18.7 Å². The molecule has 0 bridgehead atoms. The molecule has 0 unspecified atom stereocenters. The minimum absolute atomic E-state index is 0.222. The van der Waals surface area contributed by atoms with Crippen LogP contribution in [0.1, 0.15) is 61.4 Å². The zero-order chi connectivity index (χ0) is 15.5. The van der Waals surface area contributed by atoms with E-state index in [9.17, 15) is 4.79 Å². The van der Waals surface area contributed by atoms with Gasteiger partial charge in [0.2, 0.25) is 0 Å². The van der Waals surface area contributed by atoms with Gasteiger partial charge in [-0.3, -0.25) is 4.79 Å². The molecule has 22 heavy (non-hydrogen) atoms. The molecular weight excluding hydrogens is 274 g/mol. The molecule has 3 rings (SSSR count). The van der Waals surface area contributed by atoms with E-state index in [1.807, 2.05) is 24.3 Å². The zero-order valence-electron chi connectivity index (χ0n) is 13.8. The molecular formula is C19H27NO2. The van der Waals surface area contributed by atoms with Crippen LogP contribution in [0.15, 0.2) is 24.3 Å². The minimum Gasteiger partial charge on any atom is -0.380 e. The highest BCUT2D eigenvalue weighted by atomic mass is 16.5. The summed E-state index contributed by atoms with van der Waals surface area (Å²) in [6, 6.07) is 8.86. The van der Waals surface area contributed by atoms with Crippen LogP contribution in [0.3, 0.4) is 0 Å². The Kier molecular flexibility index (Phi) is 4.82. The summed E-state index contributed by atoms with van der Waals surface area (Å²) in [5, 5.41) is 0. The predicted molar refractivity (Wildman–Crippen MR) is 87.8 cm³/mol. The monoisotopic (exact) mass is 301 g/mol. The maximum absolute atomic E-state index is 13.0. The SMILES string of the molecule is COCc1cccc(C(=O)N(C2CCC(C)CC2)C2CC2)c1. The van der Waals surface area contributed by atoms with Gasteiger partial charge < -0.3 is 9.64 Å². The molecule has 0 atom stereocenters. The van der Waals surface area contributed by atoms with Crippen LogP contribution in [0.2, 0.25) is 0 Å². The van der Waals surface area contributed by atoms with Crippen molar-refractivity contribution in [1.82, 2.24) is 4.90 Å². The first-order chi connectivity index (χ1) is 10.7. The molecule has 2 saturated carbocycles. The molecule has 0 aliphatic heterocycles. The van der Waals surface area contributed by atoms with Gasteiger partial charge in [0.05, 0.1) is 6.61 Å². The zero-order valence-corrected chi connectivity index (χ0v) is 13.8. The highest BCUT2D eigenvalue weighted by molar-refractivity contribution is 5.95. The van der Waals surface area contributed by atoms with Crippen LogP contribution in [0.5, 0.6) is 0 Å². The summed E-state index contributed by atoms with van der Waals surface area (Å²) in [5.41, 5.74) is 1.89. The van der Waals surface area contributed by atoms with Crippen LogP contribution in [0.4, 0.5) is 0 Å². The third-order valence-corrected chi connectivity index (χ3v) is 5.04. The van der Waals surface area contributed by atoms with Crippen molar-refractivity contribution < 1.29 is 9.53 Å². The van der Waals surface area contributed by atoms with Crippen LogP contribution in [-0.4, -0.2) is 30.0 Å². The highest BCUT2D eigenvalue weighted by Gasteiger charge is 2.38. The largest absolute Gasteiger partial charge is 0.380 e. The number of carbonyl (C=O) groups excluding carboxylic acids is 1. The molecule has 0 spiro atoms. The summed E-state index contributed by atoms with van der Waals surface area (Å²) in [5.74, 6) is 1.04. The van der Waals surface area contributed by atoms with Crippen molar-refractivity contribution in [2.75, 3.05) is 7.11 Å². The van der Waals surface area contributed by atoms with Crippen molar-refractivity contribution in [2.24, 2.45) is 5.92 Å². The van der Waals surface area contributed by atoms with Gasteiger partial charge in [0.25, 0.3) is 5.91 Å². The fourth-order valence-corrected chi connectivity index (χ4v) is 3.61. The Morgan fingerprint density at radius 3 is 2.36 bits per heavy atom. The van der Waals surface area contributed by atoms with E-state index < -0.39 is 0 Å². The summed E-state index contributed by atoms with van der Waals surface area (Å²) in [6.45, 7) is 2.89. The third kappa shape index (κ3) is 3.52. The number of hydrogen-bond acceptors (Lipinski definition) is 2. The fourth-order valence-electron chi connectivity index (χ4n) is 3.61. The molecule has 120 valence electrons. The van der Waals surface area contributed by atoms with Crippen molar-refractivity contribution >= 4 is 5.91 Å². The van der Waals surface area contributed by atoms with E-state index in [2.05, 4.69) is 11.8 Å². The van der Waals surface area contributed by atoms with Crippen molar-refractivity contribution in [1.29, 1.82) is 0 Å². The van der Waals surface area contributed by atoms with E-state index in [1.54, 1.807) is 7.11 Å². The Labute approximate surface area is 133 Å². The molecule has 0 N–H and O–H groups in total. The predicted octanol–water partition coefficient (Wildman–Crippen LogP) is 4.02. The first kappa shape index (κ1) is 15.5. The summed E-state index contributed by atoms with van der Waals surface area (Å²) < 4.78 is 5.19. The summed E-state index contributed by atoms with van der Waals surface area (Å²) in [6.07, 6.45) is 7.20. The van der Waals surface area contributed by atoms with Crippen LogP contribution >= 0.6 is 0 Å². The molecule has 2 fully saturated rings. The number of ether oxygens (including phenoxy) is 1. The lowest BCUT2D eigenvalue weighted by atomic mass is 9.86. The standard InChI is InChI=1S/C19H27NO2/c1-14-6-8-17(9-7-14)20(18-10-11-18)19(21)16-5-3-4-15(12-16)13-22-2/h3-5,12,14,17-18H,6-11,13H2,1-2H3. The van der Waals surface area contributed by atoms with Crippen molar-refractivity contribution in [3.63, 3.8) is 0 Å². The lowest BCUT2D eigenvalue weighted by molar-refractivity contribution is 0.0593. The lowest BCUT2D eigenvalue weighted by Gasteiger charge is -2.36. The second kappa shape index (κ2) is 6.82. The highest BCUT2D eigenvalue weighted by Crippen LogP contribution is 2.36. The normalized spacial score (nSPS) is 25.0.